The van der Waals surface area contributed by atoms with E-state index in [9.17, 15) is 4.79 Å². The smallest absolute Gasteiger partial charge is 0.228 e. The molecule has 1 fully saturated rings. The van der Waals surface area contributed by atoms with E-state index in [1.165, 1.54) is 0 Å². The predicted octanol–water partition coefficient (Wildman–Crippen LogP) is 3.78. The maximum Gasteiger partial charge on any atom is 0.228 e. The highest BCUT2D eigenvalue weighted by Gasteiger charge is 2.39. The molecule has 25 heavy (non-hydrogen) atoms. The van der Waals surface area contributed by atoms with Gasteiger partial charge in [-0.25, -0.2) is 9.97 Å². The number of nitrogen functional groups attached to an aromatic ring is 1. The van der Waals surface area contributed by atoms with Crippen molar-refractivity contribution in [3.05, 3.63) is 48.2 Å². The van der Waals surface area contributed by atoms with Crippen molar-refractivity contribution in [1.29, 1.82) is 0 Å². The molecule has 5 nitrogen and oxygen atoms in total. The van der Waals surface area contributed by atoms with Gasteiger partial charge in [0.1, 0.15) is 11.6 Å². The van der Waals surface area contributed by atoms with Crippen LogP contribution in [0.2, 0.25) is 0 Å². The Kier molecular flexibility index (Phi) is 3.64. The van der Waals surface area contributed by atoms with Gasteiger partial charge in [0, 0.05) is 23.1 Å². The lowest BCUT2D eigenvalue weighted by Crippen LogP contribution is -2.15. The van der Waals surface area contributed by atoms with Gasteiger partial charge in [0.2, 0.25) is 5.91 Å². The van der Waals surface area contributed by atoms with E-state index in [-0.39, 0.29) is 11.8 Å². The molecule has 2 aromatic heterocycles. The third-order valence-electron chi connectivity index (χ3n) is 4.86. The molecule has 0 aliphatic heterocycles. The normalized spacial score (nSPS) is 19.0. The molecule has 0 saturated heterocycles. The summed E-state index contributed by atoms with van der Waals surface area (Å²) in [5.41, 5.74) is 9.14. The summed E-state index contributed by atoms with van der Waals surface area (Å²) in [6.07, 6.45) is 2.62. The minimum absolute atomic E-state index is 0.0421. The SMILES string of the molecule is Cc1ccccc1-c1cc2cc(NC(=O)C3C[C@H]3C)ncc2c(N)n1. The number of nitrogens with one attached hydrogen (secondary N) is 1. The molecule has 1 aliphatic carbocycles. The number of aryl methyl sites for hydroxylation is 1. The highest BCUT2D eigenvalue weighted by Crippen LogP contribution is 2.38. The molecular formula is C20H20N4O. The maximum absolute atomic E-state index is 12.1. The fraction of sp³-hybridized carbons (Fsp3) is 0.250. The minimum atomic E-state index is 0.0421. The molecule has 4 rings (SSSR count). The van der Waals surface area contributed by atoms with Crippen LogP contribution in [0.25, 0.3) is 22.0 Å². The predicted molar refractivity (Wildman–Crippen MR) is 100 cm³/mol. The fourth-order valence-electron chi connectivity index (χ4n) is 3.15. The first kappa shape index (κ1) is 15.6. The topological polar surface area (TPSA) is 80.9 Å². The zero-order valence-corrected chi connectivity index (χ0v) is 14.3. The number of nitrogens with zero attached hydrogens (tertiary/aromatic N) is 2. The van der Waals surface area contributed by atoms with Crippen molar-refractivity contribution in [2.75, 3.05) is 11.1 Å². The van der Waals surface area contributed by atoms with Crippen LogP contribution >= 0.6 is 0 Å². The average Bonchev–Trinajstić information content (AvgIpc) is 3.32. The molecule has 126 valence electrons. The van der Waals surface area contributed by atoms with E-state index in [1.54, 1.807) is 6.20 Å². The zero-order valence-electron chi connectivity index (χ0n) is 14.3. The molecule has 2 atom stereocenters. The van der Waals surface area contributed by atoms with Gasteiger partial charge in [-0.2, -0.15) is 0 Å². The first-order valence-electron chi connectivity index (χ1n) is 8.46. The Morgan fingerprint density at radius 3 is 2.76 bits per heavy atom. The van der Waals surface area contributed by atoms with Crippen LogP contribution in [0.5, 0.6) is 0 Å². The Bertz CT molecular complexity index is 983. The monoisotopic (exact) mass is 332 g/mol. The van der Waals surface area contributed by atoms with Gasteiger partial charge in [-0.15, -0.1) is 0 Å². The van der Waals surface area contributed by atoms with E-state index in [1.807, 2.05) is 43.3 Å². The van der Waals surface area contributed by atoms with Crippen LogP contribution in [0, 0.1) is 18.8 Å². The number of carbonyl (C=O) groups excluding carboxylic acids is 1. The largest absolute Gasteiger partial charge is 0.383 e. The van der Waals surface area contributed by atoms with Crippen LogP contribution in [0.3, 0.4) is 0 Å². The number of nitrogens with two attached hydrogens (primary N) is 1. The average molecular weight is 332 g/mol. The van der Waals surface area contributed by atoms with Crippen molar-refractivity contribution < 1.29 is 4.79 Å². The van der Waals surface area contributed by atoms with Gasteiger partial charge in [-0.1, -0.05) is 31.2 Å². The summed E-state index contributed by atoms with van der Waals surface area (Å²) >= 11 is 0. The Morgan fingerprint density at radius 2 is 2.04 bits per heavy atom. The zero-order chi connectivity index (χ0) is 17.6. The van der Waals surface area contributed by atoms with E-state index in [0.717, 1.165) is 34.0 Å². The minimum Gasteiger partial charge on any atom is -0.383 e. The van der Waals surface area contributed by atoms with Gasteiger partial charge < -0.3 is 11.1 Å². The van der Waals surface area contributed by atoms with Crippen LogP contribution in [0.1, 0.15) is 18.9 Å². The molecule has 1 aliphatic rings. The van der Waals surface area contributed by atoms with Crippen LogP contribution in [-0.4, -0.2) is 15.9 Å². The van der Waals surface area contributed by atoms with E-state index >= 15 is 0 Å². The molecule has 1 unspecified atom stereocenters. The molecule has 1 amide bonds. The molecule has 5 heteroatoms. The lowest BCUT2D eigenvalue weighted by Gasteiger charge is -2.10. The van der Waals surface area contributed by atoms with Crippen molar-refractivity contribution in [2.45, 2.75) is 20.3 Å². The summed E-state index contributed by atoms with van der Waals surface area (Å²) in [6.45, 7) is 4.13. The molecule has 0 radical (unpaired) electrons. The highest BCUT2D eigenvalue weighted by molar-refractivity contribution is 5.98. The number of hydrogen-bond acceptors (Lipinski definition) is 4. The van der Waals surface area contributed by atoms with Gasteiger partial charge in [0.05, 0.1) is 5.69 Å². The van der Waals surface area contributed by atoms with Crippen LogP contribution in [0.4, 0.5) is 11.6 Å². The number of benzene rings is 1. The summed E-state index contributed by atoms with van der Waals surface area (Å²) in [5.74, 6) is 1.62. The molecule has 3 N–H and O–H groups in total. The molecule has 3 aromatic rings. The summed E-state index contributed by atoms with van der Waals surface area (Å²) in [7, 11) is 0. The Labute approximate surface area is 146 Å². The van der Waals surface area contributed by atoms with Crippen LogP contribution in [0.15, 0.2) is 42.6 Å². The second kappa shape index (κ2) is 5.84. The number of rotatable bonds is 3. The van der Waals surface area contributed by atoms with Gasteiger partial charge in [-0.05, 0) is 42.3 Å². The second-order valence-corrected chi connectivity index (χ2v) is 6.81. The summed E-state index contributed by atoms with van der Waals surface area (Å²) in [4.78, 5) is 21.0. The Hall–Kier alpha value is -2.95. The third kappa shape index (κ3) is 2.93. The third-order valence-corrected chi connectivity index (χ3v) is 4.86. The maximum atomic E-state index is 12.1. The Balaban J connectivity index is 1.73. The number of fused-ring (bicyclic) bond motifs is 1. The molecule has 0 bridgehead atoms. The standard InChI is InChI=1S/C20H20N4O/c1-11-5-3-4-6-14(11)17-8-13-9-18(22-10-16(13)19(21)23-17)24-20(25)15-7-12(15)2/h3-6,8-10,12,15H,7H2,1-2H3,(H2,21,23)(H,22,24,25)/t12-,15?/m1/s1. The lowest BCUT2D eigenvalue weighted by atomic mass is 10.0. The van der Waals surface area contributed by atoms with Crippen molar-refractivity contribution in [2.24, 2.45) is 11.8 Å². The van der Waals surface area contributed by atoms with E-state index in [0.29, 0.717) is 17.6 Å². The van der Waals surface area contributed by atoms with Gasteiger partial charge in [0.15, 0.2) is 0 Å². The lowest BCUT2D eigenvalue weighted by molar-refractivity contribution is -0.117. The number of aromatic nitrogens is 2. The summed E-state index contributed by atoms with van der Waals surface area (Å²) in [6, 6.07) is 11.9. The van der Waals surface area contributed by atoms with E-state index in [4.69, 9.17) is 5.73 Å². The van der Waals surface area contributed by atoms with Crippen LogP contribution < -0.4 is 11.1 Å². The van der Waals surface area contributed by atoms with Crippen molar-refractivity contribution in [3.63, 3.8) is 0 Å². The quantitative estimate of drug-likeness (QED) is 0.765. The van der Waals surface area contributed by atoms with Crippen LogP contribution in [-0.2, 0) is 4.79 Å². The van der Waals surface area contributed by atoms with Crippen molar-refractivity contribution >= 4 is 28.3 Å². The molecule has 1 aromatic carbocycles. The number of amides is 1. The number of carbonyl (C=O) groups is 1. The molecule has 2 heterocycles. The van der Waals surface area contributed by atoms with Gasteiger partial charge in [0.25, 0.3) is 0 Å². The highest BCUT2D eigenvalue weighted by atomic mass is 16.2. The molecular weight excluding hydrogens is 312 g/mol. The number of hydrogen-bond donors (Lipinski definition) is 2. The van der Waals surface area contributed by atoms with Crippen molar-refractivity contribution in [1.82, 2.24) is 9.97 Å². The van der Waals surface area contributed by atoms with Crippen molar-refractivity contribution in [3.8, 4) is 11.3 Å². The van der Waals surface area contributed by atoms with Gasteiger partial charge in [-0.3, -0.25) is 4.79 Å². The van der Waals surface area contributed by atoms with E-state index < -0.39 is 0 Å². The van der Waals surface area contributed by atoms with Gasteiger partial charge >= 0.3 is 0 Å². The summed E-state index contributed by atoms with van der Waals surface area (Å²) < 4.78 is 0. The Morgan fingerprint density at radius 1 is 1.28 bits per heavy atom. The molecule has 0 spiro atoms. The molecule has 1 saturated carbocycles. The van der Waals surface area contributed by atoms with E-state index in [2.05, 4.69) is 22.2 Å². The second-order valence-electron chi connectivity index (χ2n) is 6.81. The first-order chi connectivity index (χ1) is 12.0. The fourth-order valence-corrected chi connectivity index (χ4v) is 3.15. The number of anilines is 2. The first-order valence-corrected chi connectivity index (χ1v) is 8.46. The summed E-state index contributed by atoms with van der Waals surface area (Å²) in [5, 5.41) is 4.61. The number of pyridine rings is 2.